The molecular weight excluding hydrogens is 329 g/mol. The highest BCUT2D eigenvalue weighted by atomic mass is 79.9. The molecular formula is C18H21BrFN. The Bertz CT molecular complexity index is 593. The van der Waals surface area contributed by atoms with E-state index in [0.29, 0.717) is 11.5 Å². The number of nitrogens with one attached hydrogen (secondary N) is 1. The Labute approximate surface area is 134 Å². The van der Waals surface area contributed by atoms with Crippen molar-refractivity contribution in [3.05, 3.63) is 69.4 Å². The first kappa shape index (κ1) is 16.2. The molecule has 112 valence electrons. The second-order valence-corrected chi connectivity index (χ2v) is 6.64. The minimum atomic E-state index is -0.191. The first-order valence-electron chi connectivity index (χ1n) is 7.22. The van der Waals surface area contributed by atoms with Crippen LogP contribution in [-0.4, -0.2) is 7.05 Å². The molecule has 21 heavy (non-hydrogen) atoms. The predicted octanol–water partition coefficient (Wildman–Crippen LogP) is 5.10. The molecule has 1 atom stereocenters. The number of benzene rings is 2. The summed E-state index contributed by atoms with van der Waals surface area (Å²) in [6.45, 7) is 4.42. The van der Waals surface area contributed by atoms with E-state index >= 15 is 0 Å². The minimum absolute atomic E-state index is 0.143. The highest BCUT2D eigenvalue weighted by Gasteiger charge is 2.16. The normalized spacial score (nSPS) is 12.7. The molecule has 1 nitrogen and oxygen atoms in total. The molecule has 0 spiro atoms. The van der Waals surface area contributed by atoms with E-state index in [1.807, 2.05) is 13.1 Å². The van der Waals surface area contributed by atoms with Gasteiger partial charge in [0.15, 0.2) is 0 Å². The minimum Gasteiger partial charge on any atom is -0.309 e. The van der Waals surface area contributed by atoms with E-state index in [-0.39, 0.29) is 11.9 Å². The number of rotatable bonds is 5. The van der Waals surface area contributed by atoms with E-state index in [1.54, 1.807) is 6.07 Å². The summed E-state index contributed by atoms with van der Waals surface area (Å²) in [6.07, 6.45) is 1.07. The lowest BCUT2D eigenvalue weighted by atomic mass is 9.95. The van der Waals surface area contributed by atoms with Gasteiger partial charge in [-0.2, -0.15) is 0 Å². The highest BCUT2D eigenvalue weighted by molar-refractivity contribution is 9.10. The molecule has 0 heterocycles. The Hall–Kier alpha value is -1.19. The fourth-order valence-electron chi connectivity index (χ4n) is 2.56. The molecule has 0 saturated carbocycles. The smallest absolute Gasteiger partial charge is 0.128 e. The van der Waals surface area contributed by atoms with Gasteiger partial charge in [-0.3, -0.25) is 0 Å². The van der Waals surface area contributed by atoms with Crippen LogP contribution in [0, 0.1) is 11.7 Å². The Morgan fingerprint density at radius 3 is 2.33 bits per heavy atom. The maximum Gasteiger partial charge on any atom is 0.128 e. The molecule has 0 amide bonds. The summed E-state index contributed by atoms with van der Waals surface area (Å²) in [5.41, 5.74) is 3.05. The van der Waals surface area contributed by atoms with Crippen LogP contribution >= 0.6 is 15.9 Å². The van der Waals surface area contributed by atoms with Gasteiger partial charge in [-0.1, -0.05) is 54.0 Å². The van der Waals surface area contributed by atoms with Gasteiger partial charge in [0, 0.05) is 10.0 Å². The van der Waals surface area contributed by atoms with Crippen molar-refractivity contribution in [2.75, 3.05) is 7.05 Å². The van der Waals surface area contributed by atoms with Crippen LogP contribution in [0.1, 0.15) is 36.6 Å². The lowest BCUT2D eigenvalue weighted by molar-refractivity contribution is 0.575. The first-order valence-corrected chi connectivity index (χ1v) is 8.01. The molecule has 3 heteroatoms. The van der Waals surface area contributed by atoms with Gasteiger partial charge in [-0.25, -0.2) is 4.39 Å². The average molecular weight is 350 g/mol. The SMILES string of the molecule is CNC(c1ccc(CC(C)C)cc1)c1cc(Br)ccc1F. The van der Waals surface area contributed by atoms with Crippen LogP contribution < -0.4 is 5.32 Å². The third-order valence-corrected chi connectivity index (χ3v) is 4.01. The van der Waals surface area contributed by atoms with Crippen LogP contribution in [0.2, 0.25) is 0 Å². The van der Waals surface area contributed by atoms with Crippen molar-refractivity contribution in [3.8, 4) is 0 Å². The quantitative estimate of drug-likeness (QED) is 0.792. The van der Waals surface area contributed by atoms with Gasteiger partial charge >= 0.3 is 0 Å². The lowest BCUT2D eigenvalue weighted by Gasteiger charge is -2.19. The fourth-order valence-corrected chi connectivity index (χ4v) is 2.93. The largest absolute Gasteiger partial charge is 0.309 e. The van der Waals surface area contributed by atoms with Crippen molar-refractivity contribution in [2.24, 2.45) is 5.92 Å². The molecule has 2 rings (SSSR count). The van der Waals surface area contributed by atoms with Crippen molar-refractivity contribution in [1.82, 2.24) is 5.32 Å². The Balaban J connectivity index is 2.31. The molecule has 0 bridgehead atoms. The van der Waals surface area contributed by atoms with Gasteiger partial charge < -0.3 is 5.32 Å². The Morgan fingerprint density at radius 1 is 1.10 bits per heavy atom. The molecule has 0 aliphatic rings. The van der Waals surface area contributed by atoms with Gasteiger partial charge in [0.1, 0.15) is 5.82 Å². The van der Waals surface area contributed by atoms with Gasteiger partial charge in [0.05, 0.1) is 6.04 Å². The van der Waals surface area contributed by atoms with Crippen LogP contribution in [0.25, 0.3) is 0 Å². The maximum absolute atomic E-state index is 14.1. The van der Waals surface area contributed by atoms with Gasteiger partial charge in [0.25, 0.3) is 0 Å². The van der Waals surface area contributed by atoms with Crippen LogP contribution in [0.3, 0.4) is 0 Å². The molecule has 0 aliphatic heterocycles. The Morgan fingerprint density at radius 2 is 1.76 bits per heavy atom. The number of halogens is 2. The van der Waals surface area contributed by atoms with E-state index < -0.39 is 0 Å². The van der Waals surface area contributed by atoms with E-state index in [4.69, 9.17) is 0 Å². The summed E-state index contributed by atoms with van der Waals surface area (Å²) in [5, 5.41) is 3.20. The van der Waals surface area contributed by atoms with E-state index in [0.717, 1.165) is 16.5 Å². The molecule has 1 N–H and O–H groups in total. The summed E-state index contributed by atoms with van der Waals surface area (Å²) >= 11 is 3.41. The molecule has 0 aliphatic carbocycles. The fraction of sp³-hybridized carbons (Fsp3) is 0.333. The monoisotopic (exact) mass is 349 g/mol. The van der Waals surface area contributed by atoms with Gasteiger partial charge in [-0.05, 0) is 48.7 Å². The third-order valence-electron chi connectivity index (χ3n) is 3.51. The van der Waals surface area contributed by atoms with Gasteiger partial charge in [0.2, 0.25) is 0 Å². The number of hydrogen-bond acceptors (Lipinski definition) is 1. The van der Waals surface area contributed by atoms with E-state index in [2.05, 4.69) is 59.4 Å². The molecule has 1 unspecified atom stereocenters. The first-order chi connectivity index (χ1) is 10.0. The summed E-state index contributed by atoms with van der Waals surface area (Å²) in [5.74, 6) is 0.447. The van der Waals surface area contributed by atoms with Crippen LogP contribution in [0.4, 0.5) is 4.39 Å². The standard InChI is InChI=1S/C18H21BrFN/c1-12(2)10-13-4-6-14(7-5-13)18(21-3)16-11-15(19)8-9-17(16)20/h4-9,11-12,18,21H,10H2,1-3H3. The molecule has 2 aromatic rings. The van der Waals surface area contributed by atoms with Gasteiger partial charge in [-0.15, -0.1) is 0 Å². The second-order valence-electron chi connectivity index (χ2n) is 5.73. The molecule has 0 aromatic heterocycles. The Kier molecular flexibility index (Phi) is 5.54. The second kappa shape index (κ2) is 7.19. The molecule has 0 fully saturated rings. The predicted molar refractivity (Wildman–Crippen MR) is 90.0 cm³/mol. The van der Waals surface area contributed by atoms with Crippen LogP contribution in [0.15, 0.2) is 46.9 Å². The zero-order valence-corrected chi connectivity index (χ0v) is 14.2. The lowest BCUT2D eigenvalue weighted by Crippen LogP contribution is -2.19. The summed E-state index contributed by atoms with van der Waals surface area (Å²) < 4.78 is 15.0. The van der Waals surface area contributed by atoms with E-state index in [1.165, 1.54) is 11.6 Å². The topological polar surface area (TPSA) is 12.0 Å². The summed E-state index contributed by atoms with van der Waals surface area (Å²) in [4.78, 5) is 0. The molecule has 2 aromatic carbocycles. The van der Waals surface area contributed by atoms with Crippen molar-refractivity contribution in [2.45, 2.75) is 26.3 Å². The summed E-state index contributed by atoms with van der Waals surface area (Å²) in [7, 11) is 1.85. The van der Waals surface area contributed by atoms with Crippen LogP contribution in [0.5, 0.6) is 0 Å². The van der Waals surface area contributed by atoms with Crippen molar-refractivity contribution in [3.63, 3.8) is 0 Å². The molecule has 0 radical (unpaired) electrons. The highest BCUT2D eigenvalue weighted by Crippen LogP contribution is 2.27. The van der Waals surface area contributed by atoms with Crippen molar-refractivity contribution < 1.29 is 4.39 Å². The zero-order chi connectivity index (χ0) is 15.4. The molecule has 0 saturated heterocycles. The van der Waals surface area contributed by atoms with E-state index in [9.17, 15) is 4.39 Å². The number of hydrogen-bond donors (Lipinski definition) is 1. The van der Waals surface area contributed by atoms with Crippen molar-refractivity contribution >= 4 is 15.9 Å². The zero-order valence-electron chi connectivity index (χ0n) is 12.7. The third kappa shape index (κ3) is 4.14. The maximum atomic E-state index is 14.1. The summed E-state index contributed by atoms with van der Waals surface area (Å²) in [6, 6.07) is 13.3. The average Bonchev–Trinajstić information content (AvgIpc) is 2.44. The van der Waals surface area contributed by atoms with Crippen molar-refractivity contribution in [1.29, 1.82) is 0 Å². The van der Waals surface area contributed by atoms with Crippen LogP contribution in [-0.2, 0) is 6.42 Å².